The molecule has 2 aromatic rings. The molecule has 0 fully saturated rings. The molecule has 0 saturated heterocycles. The van der Waals surface area contributed by atoms with Crippen LogP contribution in [0.1, 0.15) is 35.3 Å². The summed E-state index contributed by atoms with van der Waals surface area (Å²) < 4.78 is 5.63. The van der Waals surface area contributed by atoms with Gasteiger partial charge in [-0.1, -0.05) is 13.8 Å². The Hall–Kier alpha value is -1.61. The van der Waals surface area contributed by atoms with Crippen LogP contribution in [-0.4, -0.2) is 12.4 Å². The highest BCUT2D eigenvalue weighted by molar-refractivity contribution is 7.08. The van der Waals surface area contributed by atoms with Gasteiger partial charge in [-0.2, -0.15) is 11.3 Å². The van der Waals surface area contributed by atoms with Gasteiger partial charge >= 0.3 is 0 Å². The summed E-state index contributed by atoms with van der Waals surface area (Å²) >= 11 is 1.54. The molecule has 2 heterocycles. The van der Waals surface area contributed by atoms with E-state index in [4.69, 9.17) is 4.74 Å². The third-order valence-corrected chi connectivity index (χ3v) is 4.03. The Labute approximate surface area is 110 Å². The van der Waals surface area contributed by atoms with Gasteiger partial charge in [0, 0.05) is 27.5 Å². The van der Waals surface area contributed by atoms with E-state index in [2.05, 4.69) is 13.8 Å². The maximum absolute atomic E-state index is 12.3. The first-order valence-electron chi connectivity index (χ1n) is 5.92. The van der Waals surface area contributed by atoms with Crippen LogP contribution < -0.4 is 4.74 Å². The molecule has 2 nitrogen and oxygen atoms in total. The molecule has 1 aromatic carbocycles. The quantitative estimate of drug-likeness (QED) is 0.769. The second-order valence-electron chi connectivity index (χ2n) is 5.22. The van der Waals surface area contributed by atoms with Gasteiger partial charge in [-0.3, -0.25) is 4.79 Å². The molecule has 0 radical (unpaired) electrons. The minimum atomic E-state index is -0.0136. The molecule has 0 atom stereocenters. The van der Waals surface area contributed by atoms with Crippen molar-refractivity contribution in [2.75, 3.05) is 6.61 Å². The molecule has 1 aliphatic heterocycles. The standard InChI is InChI=1S/C15H14O2S/c1-15(2)9-17-13-4-3-10(7-12(13)15)14(16)11-5-6-18-8-11/h3-8H,9H2,1-2H3. The van der Waals surface area contributed by atoms with Crippen molar-refractivity contribution in [2.45, 2.75) is 19.3 Å². The smallest absolute Gasteiger partial charge is 0.193 e. The summed E-state index contributed by atoms with van der Waals surface area (Å²) in [5.74, 6) is 0.989. The van der Waals surface area contributed by atoms with Crippen molar-refractivity contribution in [2.24, 2.45) is 0 Å². The van der Waals surface area contributed by atoms with Gasteiger partial charge in [0.05, 0.1) is 6.61 Å². The molecule has 0 spiro atoms. The highest BCUT2D eigenvalue weighted by Crippen LogP contribution is 2.38. The second-order valence-corrected chi connectivity index (χ2v) is 6.00. The summed E-state index contributed by atoms with van der Waals surface area (Å²) in [6, 6.07) is 7.59. The lowest BCUT2D eigenvalue weighted by atomic mass is 9.85. The Morgan fingerprint density at radius 1 is 1.28 bits per heavy atom. The minimum Gasteiger partial charge on any atom is -0.492 e. The summed E-state index contributed by atoms with van der Waals surface area (Å²) in [6.07, 6.45) is 0. The van der Waals surface area contributed by atoms with Gasteiger partial charge in [-0.15, -0.1) is 0 Å². The van der Waals surface area contributed by atoms with E-state index in [1.807, 2.05) is 35.0 Å². The molecule has 0 bridgehead atoms. The van der Waals surface area contributed by atoms with E-state index in [1.54, 1.807) is 11.3 Å². The number of carbonyl (C=O) groups excluding carboxylic acids is 1. The lowest BCUT2D eigenvalue weighted by molar-refractivity contribution is 0.103. The molecule has 0 amide bonds. The number of rotatable bonds is 2. The number of hydrogen-bond donors (Lipinski definition) is 0. The van der Waals surface area contributed by atoms with Crippen molar-refractivity contribution in [3.8, 4) is 5.75 Å². The predicted octanol–water partition coefficient (Wildman–Crippen LogP) is 3.65. The SMILES string of the molecule is CC1(C)COc2ccc(C(=O)c3ccsc3)cc21. The number of carbonyl (C=O) groups is 1. The fraction of sp³-hybridized carbons (Fsp3) is 0.267. The van der Waals surface area contributed by atoms with E-state index in [0.717, 1.165) is 22.4 Å². The zero-order valence-electron chi connectivity index (χ0n) is 10.4. The van der Waals surface area contributed by atoms with Crippen molar-refractivity contribution >= 4 is 17.1 Å². The Balaban J connectivity index is 2.03. The van der Waals surface area contributed by atoms with E-state index in [1.165, 1.54) is 0 Å². The first-order chi connectivity index (χ1) is 8.58. The molecule has 1 aromatic heterocycles. The monoisotopic (exact) mass is 258 g/mol. The molecule has 0 aliphatic carbocycles. The minimum absolute atomic E-state index is 0.0136. The van der Waals surface area contributed by atoms with E-state index in [-0.39, 0.29) is 11.2 Å². The van der Waals surface area contributed by atoms with Gasteiger partial charge in [0.15, 0.2) is 5.78 Å². The van der Waals surface area contributed by atoms with Crippen molar-refractivity contribution in [1.29, 1.82) is 0 Å². The third-order valence-electron chi connectivity index (χ3n) is 3.34. The van der Waals surface area contributed by atoms with Crippen molar-refractivity contribution < 1.29 is 9.53 Å². The van der Waals surface area contributed by atoms with Crippen LogP contribution in [0.25, 0.3) is 0 Å². The third kappa shape index (κ3) is 1.75. The number of ether oxygens (including phenoxy) is 1. The number of thiophene rings is 1. The van der Waals surface area contributed by atoms with E-state index in [9.17, 15) is 4.79 Å². The first kappa shape index (κ1) is 11.5. The summed E-state index contributed by atoms with van der Waals surface area (Å²) in [4.78, 5) is 12.3. The van der Waals surface area contributed by atoms with Crippen molar-refractivity contribution in [1.82, 2.24) is 0 Å². The van der Waals surface area contributed by atoms with E-state index < -0.39 is 0 Å². The summed E-state index contributed by atoms with van der Waals surface area (Å²) in [5.41, 5.74) is 2.62. The fourth-order valence-corrected chi connectivity index (χ4v) is 2.86. The summed E-state index contributed by atoms with van der Waals surface area (Å²) in [6.45, 7) is 4.95. The lowest BCUT2D eigenvalue weighted by Crippen LogP contribution is -2.18. The average Bonchev–Trinajstić information content (AvgIpc) is 2.97. The topological polar surface area (TPSA) is 26.3 Å². The van der Waals surface area contributed by atoms with Gasteiger partial charge < -0.3 is 4.74 Å². The largest absolute Gasteiger partial charge is 0.492 e. The summed E-state index contributed by atoms with van der Waals surface area (Å²) in [5, 5.41) is 3.81. The Morgan fingerprint density at radius 2 is 2.11 bits per heavy atom. The maximum Gasteiger partial charge on any atom is 0.193 e. The van der Waals surface area contributed by atoms with Crippen molar-refractivity contribution in [3.05, 3.63) is 51.7 Å². The second kappa shape index (κ2) is 3.95. The highest BCUT2D eigenvalue weighted by atomic mass is 32.1. The molecule has 1 aliphatic rings. The molecule has 0 saturated carbocycles. The van der Waals surface area contributed by atoms with Crippen LogP contribution in [0, 0.1) is 0 Å². The molecular formula is C15H14O2S. The molecule has 18 heavy (non-hydrogen) atoms. The molecular weight excluding hydrogens is 244 g/mol. The van der Waals surface area contributed by atoms with Crippen molar-refractivity contribution in [3.63, 3.8) is 0 Å². The summed E-state index contributed by atoms with van der Waals surface area (Å²) in [7, 11) is 0. The molecule has 0 N–H and O–H groups in total. The Morgan fingerprint density at radius 3 is 2.83 bits per heavy atom. The van der Waals surface area contributed by atoms with Crippen LogP contribution in [0.15, 0.2) is 35.0 Å². The normalized spacial score (nSPS) is 16.1. The van der Waals surface area contributed by atoms with Crippen LogP contribution in [0.5, 0.6) is 5.75 Å². The average molecular weight is 258 g/mol. The first-order valence-corrected chi connectivity index (χ1v) is 6.86. The zero-order chi connectivity index (χ0) is 12.8. The maximum atomic E-state index is 12.3. The highest BCUT2D eigenvalue weighted by Gasteiger charge is 2.32. The number of benzene rings is 1. The number of fused-ring (bicyclic) bond motifs is 1. The van der Waals surface area contributed by atoms with Crippen LogP contribution in [0.4, 0.5) is 0 Å². The van der Waals surface area contributed by atoms with Gasteiger partial charge in [0.25, 0.3) is 0 Å². The molecule has 3 rings (SSSR count). The number of ketones is 1. The lowest BCUT2D eigenvalue weighted by Gasteiger charge is -2.15. The van der Waals surface area contributed by atoms with Crippen LogP contribution in [0.2, 0.25) is 0 Å². The van der Waals surface area contributed by atoms with Crippen LogP contribution in [-0.2, 0) is 5.41 Å². The fourth-order valence-electron chi connectivity index (χ4n) is 2.22. The zero-order valence-corrected chi connectivity index (χ0v) is 11.2. The van der Waals surface area contributed by atoms with Crippen LogP contribution in [0.3, 0.4) is 0 Å². The molecule has 92 valence electrons. The van der Waals surface area contributed by atoms with E-state index in [0.29, 0.717) is 6.61 Å². The van der Waals surface area contributed by atoms with Gasteiger partial charge in [0.1, 0.15) is 5.75 Å². The van der Waals surface area contributed by atoms with Crippen LogP contribution >= 0.6 is 11.3 Å². The van der Waals surface area contributed by atoms with Gasteiger partial charge in [0.2, 0.25) is 0 Å². The number of hydrogen-bond acceptors (Lipinski definition) is 3. The molecule has 3 heteroatoms. The molecule has 0 unspecified atom stereocenters. The van der Waals surface area contributed by atoms with Gasteiger partial charge in [-0.25, -0.2) is 0 Å². The predicted molar refractivity (Wildman–Crippen MR) is 72.7 cm³/mol. The van der Waals surface area contributed by atoms with Gasteiger partial charge in [-0.05, 0) is 29.6 Å². The Bertz CT molecular complexity index is 597. The van der Waals surface area contributed by atoms with E-state index >= 15 is 0 Å². The Kier molecular flexibility index (Phi) is 2.52.